The van der Waals surface area contributed by atoms with Crippen molar-refractivity contribution in [3.8, 4) is 33.4 Å². The maximum Gasteiger partial charge on any atom is -0.0103 e. The van der Waals surface area contributed by atoms with Crippen molar-refractivity contribution in [2.24, 2.45) is 0 Å². The average molecular weight is 320 g/mol. The Balaban J connectivity index is 1.90. The van der Waals surface area contributed by atoms with Crippen molar-refractivity contribution < 1.29 is 0 Å². The highest BCUT2D eigenvalue weighted by atomic mass is 14.2. The summed E-state index contributed by atoms with van der Waals surface area (Å²) in [5, 5.41) is 0. The van der Waals surface area contributed by atoms with Crippen molar-refractivity contribution in [3.05, 3.63) is 109 Å². The molecule has 0 heteroatoms. The lowest BCUT2D eigenvalue weighted by molar-refractivity contribution is 1.44. The zero-order valence-corrected chi connectivity index (χ0v) is 14.3. The molecule has 0 unspecified atom stereocenters. The van der Waals surface area contributed by atoms with Crippen LogP contribution in [-0.2, 0) is 0 Å². The molecule has 0 saturated heterocycles. The lowest BCUT2D eigenvalue weighted by atomic mass is 9.89. The topological polar surface area (TPSA) is 0 Å². The smallest absolute Gasteiger partial charge is 0.0103 e. The van der Waals surface area contributed by atoms with Crippen molar-refractivity contribution in [3.63, 3.8) is 0 Å². The van der Waals surface area contributed by atoms with Crippen LogP contribution in [0.25, 0.3) is 33.4 Å². The van der Waals surface area contributed by atoms with Gasteiger partial charge in [-0.15, -0.1) is 0 Å². The van der Waals surface area contributed by atoms with Crippen LogP contribution < -0.4 is 0 Å². The average Bonchev–Trinajstić information content (AvgIpc) is 2.70. The predicted molar refractivity (Wildman–Crippen MR) is 107 cm³/mol. The molecule has 4 aromatic carbocycles. The van der Waals surface area contributed by atoms with Gasteiger partial charge in [0.15, 0.2) is 0 Å². The van der Waals surface area contributed by atoms with Crippen LogP contribution >= 0.6 is 0 Å². The highest BCUT2D eigenvalue weighted by Gasteiger charge is 2.11. The molecular formula is C25H20. The van der Waals surface area contributed by atoms with E-state index in [4.69, 9.17) is 0 Å². The fourth-order valence-electron chi connectivity index (χ4n) is 3.45. The van der Waals surface area contributed by atoms with E-state index in [-0.39, 0.29) is 0 Å². The first kappa shape index (κ1) is 15.4. The minimum atomic E-state index is 1.25. The van der Waals surface area contributed by atoms with E-state index in [1.54, 1.807) is 0 Å². The number of hydrogen-bond acceptors (Lipinski definition) is 0. The minimum Gasteiger partial charge on any atom is -0.0622 e. The fourth-order valence-corrected chi connectivity index (χ4v) is 3.45. The zero-order chi connectivity index (χ0) is 17.1. The van der Waals surface area contributed by atoms with Gasteiger partial charge in [0.05, 0.1) is 0 Å². The first-order chi connectivity index (χ1) is 12.3. The van der Waals surface area contributed by atoms with Crippen LogP contribution in [-0.4, -0.2) is 0 Å². The third-order valence-electron chi connectivity index (χ3n) is 4.72. The second-order valence-electron chi connectivity index (χ2n) is 6.26. The molecule has 0 aliphatic rings. The van der Waals surface area contributed by atoms with Crippen molar-refractivity contribution in [1.82, 2.24) is 0 Å². The normalized spacial score (nSPS) is 10.6. The van der Waals surface area contributed by atoms with Gasteiger partial charge in [-0.1, -0.05) is 103 Å². The maximum atomic E-state index is 2.23. The van der Waals surface area contributed by atoms with Gasteiger partial charge < -0.3 is 0 Å². The number of hydrogen-bond donors (Lipinski definition) is 0. The van der Waals surface area contributed by atoms with E-state index in [1.807, 2.05) is 0 Å². The van der Waals surface area contributed by atoms with Crippen molar-refractivity contribution >= 4 is 0 Å². The molecule has 0 bridgehead atoms. The molecule has 0 nitrogen and oxygen atoms in total. The van der Waals surface area contributed by atoms with Crippen LogP contribution in [0.2, 0.25) is 0 Å². The third kappa shape index (κ3) is 2.99. The molecule has 0 radical (unpaired) electrons. The standard InChI is InChI=1S/C25H20/c1-19-22(20-11-4-2-5-12-20)17-10-18-23(19)25-16-9-8-15-24(25)21-13-6-3-7-14-21/h2-18H,1H3. The van der Waals surface area contributed by atoms with Gasteiger partial charge in [-0.2, -0.15) is 0 Å². The SMILES string of the molecule is Cc1c(-c2ccccc2)cccc1-c1ccccc1-c1ccccc1. The molecule has 4 aromatic rings. The molecule has 0 saturated carbocycles. The van der Waals surface area contributed by atoms with E-state index < -0.39 is 0 Å². The number of benzene rings is 4. The Hall–Kier alpha value is -3.12. The summed E-state index contributed by atoms with van der Waals surface area (Å²) in [5.74, 6) is 0. The van der Waals surface area contributed by atoms with Crippen LogP contribution in [0.3, 0.4) is 0 Å². The summed E-state index contributed by atoms with van der Waals surface area (Å²) in [6.45, 7) is 2.22. The second kappa shape index (κ2) is 6.78. The first-order valence-electron chi connectivity index (χ1n) is 8.64. The lowest BCUT2D eigenvalue weighted by Crippen LogP contribution is -1.91. The van der Waals surface area contributed by atoms with Crippen LogP contribution in [0.4, 0.5) is 0 Å². The van der Waals surface area contributed by atoms with E-state index in [9.17, 15) is 0 Å². The summed E-state index contributed by atoms with van der Waals surface area (Å²) in [6.07, 6.45) is 0. The lowest BCUT2D eigenvalue weighted by Gasteiger charge is -2.15. The highest BCUT2D eigenvalue weighted by Crippen LogP contribution is 2.37. The Morgan fingerprint density at radius 3 is 1.44 bits per heavy atom. The summed E-state index contributed by atoms with van der Waals surface area (Å²) < 4.78 is 0. The third-order valence-corrected chi connectivity index (χ3v) is 4.72. The number of rotatable bonds is 3. The van der Waals surface area contributed by atoms with Crippen molar-refractivity contribution in [2.45, 2.75) is 6.92 Å². The fraction of sp³-hybridized carbons (Fsp3) is 0.0400. The zero-order valence-electron chi connectivity index (χ0n) is 14.3. The van der Waals surface area contributed by atoms with Crippen molar-refractivity contribution in [1.29, 1.82) is 0 Å². The van der Waals surface area contributed by atoms with Gasteiger partial charge in [-0.05, 0) is 45.9 Å². The monoisotopic (exact) mass is 320 g/mol. The van der Waals surface area contributed by atoms with E-state index in [1.165, 1.54) is 38.9 Å². The first-order valence-corrected chi connectivity index (χ1v) is 8.64. The Morgan fingerprint density at radius 2 is 0.800 bits per heavy atom. The van der Waals surface area contributed by atoms with Crippen LogP contribution in [0, 0.1) is 6.92 Å². The molecule has 0 aliphatic carbocycles. The molecule has 0 atom stereocenters. The van der Waals surface area contributed by atoms with Gasteiger partial charge in [0, 0.05) is 0 Å². The minimum absolute atomic E-state index is 1.25. The molecule has 0 N–H and O–H groups in total. The van der Waals surface area contributed by atoms with Gasteiger partial charge in [0.25, 0.3) is 0 Å². The molecule has 0 aromatic heterocycles. The molecule has 0 aliphatic heterocycles. The van der Waals surface area contributed by atoms with Gasteiger partial charge >= 0.3 is 0 Å². The largest absolute Gasteiger partial charge is 0.0622 e. The summed E-state index contributed by atoms with van der Waals surface area (Å²) >= 11 is 0. The molecule has 4 rings (SSSR count). The van der Waals surface area contributed by atoms with E-state index >= 15 is 0 Å². The summed E-state index contributed by atoms with van der Waals surface area (Å²) in [7, 11) is 0. The molecule has 0 amide bonds. The molecule has 120 valence electrons. The predicted octanol–water partition coefficient (Wildman–Crippen LogP) is 7.00. The molecule has 0 spiro atoms. The molecule has 0 heterocycles. The van der Waals surface area contributed by atoms with Gasteiger partial charge in [-0.3, -0.25) is 0 Å². The molecule has 25 heavy (non-hydrogen) atoms. The summed E-state index contributed by atoms with van der Waals surface area (Å²) in [4.78, 5) is 0. The summed E-state index contributed by atoms with van der Waals surface area (Å²) in [5.41, 5.74) is 8.97. The maximum absolute atomic E-state index is 2.23. The van der Waals surface area contributed by atoms with Crippen LogP contribution in [0.5, 0.6) is 0 Å². The Kier molecular flexibility index (Phi) is 4.18. The van der Waals surface area contributed by atoms with Crippen LogP contribution in [0.1, 0.15) is 5.56 Å². The molecular weight excluding hydrogens is 300 g/mol. The summed E-state index contributed by atoms with van der Waals surface area (Å²) in [6, 6.07) is 36.5. The van der Waals surface area contributed by atoms with Gasteiger partial charge in [-0.25, -0.2) is 0 Å². The van der Waals surface area contributed by atoms with Gasteiger partial charge in [0.2, 0.25) is 0 Å². The Morgan fingerprint density at radius 1 is 0.360 bits per heavy atom. The quantitative estimate of drug-likeness (QED) is 0.381. The second-order valence-corrected chi connectivity index (χ2v) is 6.26. The van der Waals surface area contributed by atoms with E-state index in [0.29, 0.717) is 0 Å². The Bertz CT molecular complexity index is 983. The van der Waals surface area contributed by atoms with Crippen LogP contribution in [0.15, 0.2) is 103 Å². The van der Waals surface area contributed by atoms with Gasteiger partial charge in [0.1, 0.15) is 0 Å². The molecule has 0 fully saturated rings. The Labute approximate surface area is 149 Å². The van der Waals surface area contributed by atoms with E-state index in [2.05, 4.69) is 110 Å². The van der Waals surface area contributed by atoms with E-state index in [0.717, 1.165) is 0 Å². The highest BCUT2D eigenvalue weighted by molar-refractivity contribution is 5.87. The van der Waals surface area contributed by atoms with Crippen molar-refractivity contribution in [2.75, 3.05) is 0 Å².